The second-order valence-electron chi connectivity index (χ2n) is 6.42. The van der Waals surface area contributed by atoms with Crippen LogP contribution in [0.1, 0.15) is 0 Å². The van der Waals surface area contributed by atoms with Crippen molar-refractivity contribution in [3.63, 3.8) is 0 Å². The van der Waals surface area contributed by atoms with Gasteiger partial charge in [-0.25, -0.2) is 4.79 Å². The molecular weight excluding hydrogens is 420 g/mol. The zero-order chi connectivity index (χ0) is 22.7. The highest BCUT2D eigenvalue weighted by Crippen LogP contribution is 2.34. The first-order valence-electron chi connectivity index (χ1n) is 8.74. The molecule has 0 bridgehead atoms. The molecular formula is C18H16N2O11. The molecule has 0 aliphatic carbocycles. The minimum atomic E-state index is -1.89. The third-order valence-electron chi connectivity index (χ3n) is 4.40. The van der Waals surface area contributed by atoms with Gasteiger partial charge in [0.25, 0.3) is 5.69 Å². The Hall–Kier alpha value is -3.81. The number of nitro benzene ring substituents is 2. The predicted octanol–water partition coefficient (Wildman–Crippen LogP) is 0.861. The number of aliphatic hydroxyl groups is 2. The van der Waals surface area contributed by atoms with Gasteiger partial charge in [0.1, 0.15) is 18.0 Å². The molecule has 164 valence electrons. The number of hydrogen-bond donors (Lipinski definition) is 3. The van der Waals surface area contributed by atoms with Crippen molar-refractivity contribution in [3.05, 3.63) is 68.8 Å². The van der Waals surface area contributed by atoms with E-state index < -0.39 is 63.6 Å². The van der Waals surface area contributed by atoms with Crippen LogP contribution in [0, 0.1) is 20.2 Å². The van der Waals surface area contributed by atoms with Crippen molar-refractivity contribution in [2.45, 2.75) is 30.7 Å². The molecule has 0 radical (unpaired) electrons. The van der Waals surface area contributed by atoms with Crippen LogP contribution in [-0.4, -0.2) is 61.8 Å². The Morgan fingerprint density at radius 2 is 1.65 bits per heavy atom. The van der Waals surface area contributed by atoms with Crippen LogP contribution < -0.4 is 9.47 Å². The van der Waals surface area contributed by atoms with Crippen molar-refractivity contribution < 1.29 is 44.2 Å². The van der Waals surface area contributed by atoms with Crippen LogP contribution >= 0.6 is 0 Å². The Labute approximate surface area is 173 Å². The van der Waals surface area contributed by atoms with E-state index in [1.165, 1.54) is 12.1 Å². The average molecular weight is 436 g/mol. The zero-order valence-corrected chi connectivity index (χ0v) is 15.5. The van der Waals surface area contributed by atoms with E-state index in [4.69, 9.17) is 14.2 Å². The van der Waals surface area contributed by atoms with Crippen LogP contribution in [0.3, 0.4) is 0 Å². The highest BCUT2D eigenvalue weighted by molar-refractivity contribution is 5.73. The topological polar surface area (TPSA) is 192 Å². The molecule has 3 N–H and O–H groups in total. The van der Waals surface area contributed by atoms with Crippen LogP contribution in [0.2, 0.25) is 0 Å². The summed E-state index contributed by atoms with van der Waals surface area (Å²) in [6.45, 7) is 0. The van der Waals surface area contributed by atoms with Gasteiger partial charge in [0.2, 0.25) is 6.29 Å². The van der Waals surface area contributed by atoms with E-state index >= 15 is 0 Å². The normalized spacial score (nSPS) is 25.4. The molecule has 2 aromatic carbocycles. The number of carbonyl (C=O) groups is 1. The lowest BCUT2D eigenvalue weighted by Gasteiger charge is -2.40. The highest BCUT2D eigenvalue weighted by Gasteiger charge is 2.51. The number of benzene rings is 2. The van der Waals surface area contributed by atoms with E-state index in [1.807, 2.05) is 0 Å². The van der Waals surface area contributed by atoms with Gasteiger partial charge in [0.05, 0.1) is 15.9 Å². The molecule has 31 heavy (non-hydrogen) atoms. The van der Waals surface area contributed by atoms with Crippen molar-refractivity contribution in [2.75, 3.05) is 0 Å². The average Bonchev–Trinajstić information content (AvgIpc) is 2.73. The number of rotatable bonds is 7. The molecule has 1 fully saturated rings. The first kappa shape index (κ1) is 21.9. The second-order valence-corrected chi connectivity index (χ2v) is 6.42. The van der Waals surface area contributed by atoms with Crippen LogP contribution in [-0.2, 0) is 9.53 Å². The summed E-state index contributed by atoms with van der Waals surface area (Å²) in [5.74, 6) is -1.92. The Bertz CT molecular complexity index is 984. The molecule has 1 aliphatic rings. The van der Waals surface area contributed by atoms with Crippen molar-refractivity contribution in [3.8, 4) is 11.5 Å². The molecule has 2 aromatic rings. The van der Waals surface area contributed by atoms with E-state index in [0.717, 1.165) is 12.1 Å². The Morgan fingerprint density at radius 3 is 2.23 bits per heavy atom. The fourth-order valence-corrected chi connectivity index (χ4v) is 2.91. The maximum Gasteiger partial charge on any atom is 0.337 e. The molecule has 0 saturated carbocycles. The molecule has 0 aromatic heterocycles. The van der Waals surface area contributed by atoms with Crippen molar-refractivity contribution in [2.24, 2.45) is 0 Å². The standard InChI is InChI=1S/C18H16N2O11/c21-13-14(22)18(29-10-4-2-1-3-5-10)31-16(17(23)24)15(13)30-12-7-6-9(19(25)26)8-11(12)20(27)28/h1-8,13-16,18,21-22H,(H,23,24)/t13-,14-,15+,16+,18-/m1/s1. The first-order chi connectivity index (χ1) is 14.7. The number of non-ortho nitro benzene ring substituents is 1. The van der Waals surface area contributed by atoms with Gasteiger partial charge in [-0.1, -0.05) is 18.2 Å². The third kappa shape index (κ3) is 4.69. The summed E-state index contributed by atoms with van der Waals surface area (Å²) in [5.41, 5.74) is -1.42. The molecule has 5 atom stereocenters. The van der Waals surface area contributed by atoms with Crippen LogP contribution in [0.15, 0.2) is 48.5 Å². The predicted molar refractivity (Wildman–Crippen MR) is 99.5 cm³/mol. The van der Waals surface area contributed by atoms with Crippen molar-refractivity contribution in [1.29, 1.82) is 0 Å². The van der Waals surface area contributed by atoms with Gasteiger partial charge in [-0.15, -0.1) is 0 Å². The molecule has 1 saturated heterocycles. The number of aliphatic hydroxyl groups excluding tert-OH is 2. The molecule has 13 nitrogen and oxygen atoms in total. The zero-order valence-electron chi connectivity index (χ0n) is 15.5. The van der Waals surface area contributed by atoms with Gasteiger partial charge < -0.3 is 29.5 Å². The lowest BCUT2D eigenvalue weighted by atomic mass is 9.98. The van der Waals surface area contributed by atoms with Crippen LogP contribution in [0.5, 0.6) is 11.5 Å². The summed E-state index contributed by atoms with van der Waals surface area (Å²) < 4.78 is 15.9. The van der Waals surface area contributed by atoms with E-state index in [-0.39, 0.29) is 5.75 Å². The summed E-state index contributed by atoms with van der Waals surface area (Å²) in [7, 11) is 0. The second kappa shape index (κ2) is 8.91. The highest BCUT2D eigenvalue weighted by atomic mass is 16.7. The molecule has 1 heterocycles. The van der Waals surface area contributed by atoms with Gasteiger partial charge in [-0.2, -0.15) is 0 Å². The molecule has 1 aliphatic heterocycles. The summed E-state index contributed by atoms with van der Waals surface area (Å²) in [5, 5.41) is 52.4. The number of ether oxygens (including phenoxy) is 3. The Balaban J connectivity index is 1.88. The molecule has 13 heteroatoms. The summed E-state index contributed by atoms with van der Waals surface area (Å²) in [4.78, 5) is 32.0. The minimum Gasteiger partial charge on any atom is -0.479 e. The quantitative estimate of drug-likeness (QED) is 0.412. The van der Waals surface area contributed by atoms with Gasteiger partial charge >= 0.3 is 11.7 Å². The maximum atomic E-state index is 11.7. The summed E-state index contributed by atoms with van der Waals surface area (Å²) >= 11 is 0. The molecule has 0 spiro atoms. The number of carboxylic acid groups (broad SMARTS) is 1. The Morgan fingerprint density at radius 1 is 0.968 bits per heavy atom. The summed E-state index contributed by atoms with van der Waals surface area (Å²) in [6, 6.07) is 10.4. The molecule has 0 amide bonds. The number of carboxylic acids is 1. The van der Waals surface area contributed by atoms with Gasteiger partial charge in [-0.3, -0.25) is 20.2 Å². The van der Waals surface area contributed by atoms with E-state index in [2.05, 4.69) is 0 Å². The smallest absolute Gasteiger partial charge is 0.337 e. The fraction of sp³-hybridized carbons (Fsp3) is 0.278. The number of aliphatic carboxylic acids is 1. The largest absolute Gasteiger partial charge is 0.479 e. The van der Waals surface area contributed by atoms with Gasteiger partial charge in [0, 0.05) is 6.07 Å². The van der Waals surface area contributed by atoms with Crippen LogP contribution in [0.4, 0.5) is 11.4 Å². The third-order valence-corrected chi connectivity index (χ3v) is 4.40. The first-order valence-corrected chi connectivity index (χ1v) is 8.74. The monoisotopic (exact) mass is 436 g/mol. The van der Waals surface area contributed by atoms with Gasteiger partial charge in [-0.05, 0) is 18.2 Å². The van der Waals surface area contributed by atoms with E-state index in [1.54, 1.807) is 18.2 Å². The molecule has 3 rings (SSSR count). The lowest BCUT2D eigenvalue weighted by molar-refractivity contribution is -0.395. The number of nitro groups is 2. The minimum absolute atomic E-state index is 0.230. The van der Waals surface area contributed by atoms with Crippen LogP contribution in [0.25, 0.3) is 0 Å². The van der Waals surface area contributed by atoms with Crippen molar-refractivity contribution in [1.82, 2.24) is 0 Å². The number of hydrogen-bond acceptors (Lipinski definition) is 10. The van der Waals surface area contributed by atoms with Gasteiger partial charge in [0.15, 0.2) is 18.0 Å². The SMILES string of the molecule is O=C(O)[C@H]1O[C@@H](Oc2ccccc2)[C@H](O)[C@@H](O)[C@@H]1Oc1ccc([N+](=O)[O-])cc1[N+](=O)[O-]. The fourth-order valence-electron chi connectivity index (χ4n) is 2.91. The lowest BCUT2D eigenvalue weighted by Crippen LogP contribution is -2.63. The Kier molecular flexibility index (Phi) is 6.29. The maximum absolute atomic E-state index is 11.7. The summed E-state index contributed by atoms with van der Waals surface area (Å²) in [6.07, 6.45) is -8.92. The molecule has 0 unspecified atom stereocenters. The van der Waals surface area contributed by atoms with Crippen molar-refractivity contribution >= 4 is 17.3 Å². The number of para-hydroxylation sites is 1. The van der Waals surface area contributed by atoms with E-state index in [0.29, 0.717) is 6.07 Å². The number of nitrogens with zero attached hydrogens (tertiary/aromatic N) is 2. The van der Waals surface area contributed by atoms with E-state index in [9.17, 15) is 40.3 Å².